The standard InChI is InChI=1S/C29H34N8O/c1-5-14-36-28(38)24-17-30-29(31-22-9-11-23(12-10-22)35-16-15-34(4)18-20(35)3)33-27(24)37(36)25-13-8-21-7-6-19(2)26(21)32-25/h5,8-13,17,19-20H,1,6-7,14-16,18H2,2-4H3,(H,30,31,33)/t19?,20-/m1/s1. The van der Waals surface area contributed by atoms with Crippen molar-refractivity contribution >= 4 is 28.4 Å². The molecule has 0 saturated carbocycles. The summed E-state index contributed by atoms with van der Waals surface area (Å²) in [5.74, 6) is 1.51. The number of hydrogen-bond acceptors (Lipinski definition) is 7. The molecule has 196 valence electrons. The lowest BCUT2D eigenvalue weighted by Crippen LogP contribution is -2.50. The predicted molar refractivity (Wildman–Crippen MR) is 152 cm³/mol. The Labute approximate surface area is 222 Å². The summed E-state index contributed by atoms with van der Waals surface area (Å²) in [6, 6.07) is 12.9. The molecular weight excluding hydrogens is 476 g/mol. The third-order valence-electron chi connectivity index (χ3n) is 7.79. The summed E-state index contributed by atoms with van der Waals surface area (Å²) in [5, 5.41) is 3.77. The van der Waals surface area contributed by atoms with Crippen LogP contribution in [0.3, 0.4) is 0 Å². The van der Waals surface area contributed by atoms with Crippen molar-refractivity contribution in [2.24, 2.45) is 0 Å². The molecule has 4 aromatic rings. The van der Waals surface area contributed by atoms with Gasteiger partial charge in [0.15, 0.2) is 11.5 Å². The van der Waals surface area contributed by atoms with Crippen molar-refractivity contribution in [1.29, 1.82) is 0 Å². The molecule has 1 aliphatic carbocycles. The smallest absolute Gasteiger partial charge is 0.278 e. The van der Waals surface area contributed by atoms with E-state index in [1.54, 1.807) is 21.6 Å². The molecule has 9 heteroatoms. The van der Waals surface area contributed by atoms with Crippen LogP contribution in [0, 0.1) is 0 Å². The van der Waals surface area contributed by atoms with Crippen molar-refractivity contribution < 1.29 is 0 Å². The quantitative estimate of drug-likeness (QED) is 0.391. The Bertz CT molecular complexity index is 1550. The minimum Gasteiger partial charge on any atom is -0.366 e. The lowest BCUT2D eigenvalue weighted by Gasteiger charge is -2.39. The van der Waals surface area contributed by atoms with Gasteiger partial charge in [0.25, 0.3) is 5.56 Å². The van der Waals surface area contributed by atoms with Gasteiger partial charge >= 0.3 is 0 Å². The zero-order valence-electron chi connectivity index (χ0n) is 22.3. The first-order valence-corrected chi connectivity index (χ1v) is 13.3. The first kappa shape index (κ1) is 24.4. The van der Waals surface area contributed by atoms with Crippen molar-refractivity contribution in [3.8, 4) is 5.82 Å². The molecule has 0 bridgehead atoms. The Kier molecular flexibility index (Phi) is 6.23. The van der Waals surface area contributed by atoms with Gasteiger partial charge in [-0.05, 0) is 68.6 Å². The van der Waals surface area contributed by atoms with Crippen LogP contribution in [-0.2, 0) is 13.0 Å². The van der Waals surface area contributed by atoms with Crippen LogP contribution in [0.5, 0.6) is 0 Å². The highest BCUT2D eigenvalue weighted by atomic mass is 16.1. The predicted octanol–water partition coefficient (Wildman–Crippen LogP) is 4.10. The second kappa shape index (κ2) is 9.72. The summed E-state index contributed by atoms with van der Waals surface area (Å²) >= 11 is 0. The number of anilines is 3. The number of benzene rings is 1. The fourth-order valence-corrected chi connectivity index (χ4v) is 5.76. The number of aryl methyl sites for hydroxylation is 1. The Morgan fingerprint density at radius 3 is 2.68 bits per heavy atom. The largest absolute Gasteiger partial charge is 0.366 e. The van der Waals surface area contributed by atoms with Gasteiger partial charge in [0.1, 0.15) is 5.39 Å². The Morgan fingerprint density at radius 1 is 1.11 bits per heavy atom. The lowest BCUT2D eigenvalue weighted by atomic mass is 10.1. The molecule has 1 aromatic carbocycles. The van der Waals surface area contributed by atoms with Gasteiger partial charge in [-0.1, -0.05) is 19.1 Å². The minimum atomic E-state index is -0.160. The van der Waals surface area contributed by atoms with E-state index >= 15 is 0 Å². The lowest BCUT2D eigenvalue weighted by molar-refractivity contribution is 0.275. The van der Waals surface area contributed by atoms with E-state index in [9.17, 15) is 4.79 Å². The Balaban J connectivity index is 1.34. The molecule has 0 radical (unpaired) electrons. The second-order valence-electron chi connectivity index (χ2n) is 10.5. The average Bonchev–Trinajstić information content (AvgIpc) is 3.41. The molecule has 1 N–H and O–H groups in total. The SMILES string of the molecule is C=CCn1c(=O)c2cnc(Nc3ccc(N4CCN(C)C[C@H]4C)cc3)nc2n1-c1ccc2c(n1)C(C)CC2. The highest BCUT2D eigenvalue weighted by molar-refractivity contribution is 5.77. The minimum absolute atomic E-state index is 0.160. The first-order valence-electron chi connectivity index (χ1n) is 13.3. The highest BCUT2D eigenvalue weighted by Crippen LogP contribution is 2.32. The summed E-state index contributed by atoms with van der Waals surface area (Å²) in [7, 11) is 2.17. The van der Waals surface area contributed by atoms with Gasteiger partial charge in [0, 0.05) is 48.9 Å². The Morgan fingerprint density at radius 2 is 1.92 bits per heavy atom. The van der Waals surface area contributed by atoms with Crippen LogP contribution in [0.1, 0.15) is 37.4 Å². The maximum Gasteiger partial charge on any atom is 0.278 e. The van der Waals surface area contributed by atoms with Gasteiger partial charge in [-0.25, -0.2) is 19.3 Å². The molecule has 6 rings (SSSR count). The molecule has 1 saturated heterocycles. The number of hydrogen-bond donors (Lipinski definition) is 1. The summed E-state index contributed by atoms with van der Waals surface area (Å²) in [5.41, 5.74) is 4.84. The third kappa shape index (κ3) is 4.26. The molecule has 1 aliphatic heterocycles. The van der Waals surface area contributed by atoms with Crippen LogP contribution >= 0.6 is 0 Å². The van der Waals surface area contributed by atoms with Crippen LogP contribution in [0.15, 0.2) is 60.0 Å². The maximum atomic E-state index is 13.3. The molecule has 0 spiro atoms. The van der Waals surface area contributed by atoms with Crippen LogP contribution in [0.2, 0.25) is 0 Å². The number of pyridine rings is 1. The topological polar surface area (TPSA) is 84.1 Å². The average molecular weight is 511 g/mol. The van der Waals surface area contributed by atoms with Crippen molar-refractivity contribution in [1.82, 2.24) is 29.2 Å². The number of nitrogens with one attached hydrogen (secondary N) is 1. The van der Waals surface area contributed by atoms with Crippen LogP contribution < -0.4 is 15.8 Å². The molecule has 1 fully saturated rings. The van der Waals surface area contributed by atoms with Crippen molar-refractivity contribution in [2.45, 2.75) is 45.2 Å². The van der Waals surface area contributed by atoms with Gasteiger partial charge < -0.3 is 15.1 Å². The zero-order valence-corrected chi connectivity index (χ0v) is 22.3. The fraction of sp³-hybridized carbons (Fsp3) is 0.379. The zero-order chi connectivity index (χ0) is 26.4. The number of fused-ring (bicyclic) bond motifs is 2. The number of piperazine rings is 1. The molecule has 1 unspecified atom stereocenters. The van der Waals surface area contributed by atoms with Crippen molar-refractivity contribution in [3.63, 3.8) is 0 Å². The van der Waals surface area contributed by atoms with Gasteiger partial charge in [-0.3, -0.25) is 4.79 Å². The van der Waals surface area contributed by atoms with E-state index in [0.29, 0.717) is 41.3 Å². The van der Waals surface area contributed by atoms with Gasteiger partial charge in [0.05, 0.1) is 6.54 Å². The van der Waals surface area contributed by atoms with Gasteiger partial charge in [-0.15, -0.1) is 6.58 Å². The molecule has 3 aromatic heterocycles. The van der Waals surface area contributed by atoms with Crippen molar-refractivity contribution in [3.05, 3.63) is 76.9 Å². The van der Waals surface area contributed by atoms with E-state index in [4.69, 9.17) is 9.97 Å². The maximum absolute atomic E-state index is 13.3. The van der Waals surface area contributed by atoms with Crippen LogP contribution in [0.4, 0.5) is 17.3 Å². The molecule has 2 aliphatic rings. The monoisotopic (exact) mass is 510 g/mol. The molecular formula is C29H34N8O. The number of allylic oxidation sites excluding steroid dienone is 1. The van der Waals surface area contributed by atoms with Crippen molar-refractivity contribution in [2.75, 3.05) is 36.9 Å². The normalized spacial score (nSPS) is 19.6. The van der Waals surface area contributed by atoms with E-state index in [-0.39, 0.29) is 5.56 Å². The summed E-state index contributed by atoms with van der Waals surface area (Å²) < 4.78 is 3.42. The van der Waals surface area contributed by atoms with Crippen LogP contribution in [0.25, 0.3) is 16.9 Å². The molecule has 0 amide bonds. The van der Waals surface area contributed by atoms with E-state index < -0.39 is 0 Å². The number of likely N-dealkylation sites (N-methyl/N-ethyl adjacent to an activating group) is 1. The van der Waals surface area contributed by atoms with E-state index in [0.717, 1.165) is 43.9 Å². The molecule has 38 heavy (non-hydrogen) atoms. The van der Waals surface area contributed by atoms with Crippen LogP contribution in [-0.4, -0.2) is 61.9 Å². The van der Waals surface area contributed by atoms with E-state index in [1.165, 1.54) is 11.3 Å². The van der Waals surface area contributed by atoms with Gasteiger partial charge in [0.2, 0.25) is 5.95 Å². The van der Waals surface area contributed by atoms with Gasteiger partial charge in [-0.2, -0.15) is 4.98 Å². The summed E-state index contributed by atoms with van der Waals surface area (Å²) in [6.45, 7) is 11.8. The summed E-state index contributed by atoms with van der Waals surface area (Å²) in [6.07, 6.45) is 5.44. The second-order valence-corrected chi connectivity index (χ2v) is 10.5. The van der Waals surface area contributed by atoms with E-state index in [2.05, 4.69) is 65.8 Å². The first-order chi connectivity index (χ1) is 18.4. The summed E-state index contributed by atoms with van der Waals surface area (Å²) in [4.78, 5) is 32.3. The Hall–Kier alpha value is -3.98. The fourth-order valence-electron chi connectivity index (χ4n) is 5.76. The number of rotatable bonds is 6. The number of nitrogens with zero attached hydrogens (tertiary/aromatic N) is 7. The third-order valence-corrected chi connectivity index (χ3v) is 7.79. The molecule has 4 heterocycles. The highest BCUT2D eigenvalue weighted by Gasteiger charge is 2.24. The van der Waals surface area contributed by atoms with E-state index in [1.807, 2.05) is 18.2 Å². The number of aromatic nitrogens is 5. The molecule has 2 atom stereocenters. The molecule has 9 nitrogen and oxygen atoms in total.